The van der Waals surface area contributed by atoms with Gasteiger partial charge < -0.3 is 10.1 Å². The highest BCUT2D eigenvalue weighted by molar-refractivity contribution is 5.34. The lowest BCUT2D eigenvalue weighted by Gasteiger charge is -2.08. The molecule has 2 heterocycles. The summed E-state index contributed by atoms with van der Waals surface area (Å²) in [6.45, 7) is 9.17. The van der Waals surface area contributed by atoms with Crippen molar-refractivity contribution in [3.63, 3.8) is 0 Å². The van der Waals surface area contributed by atoms with Crippen LogP contribution in [0.4, 0.5) is 5.95 Å². The van der Waals surface area contributed by atoms with Gasteiger partial charge in [0.1, 0.15) is 0 Å². The van der Waals surface area contributed by atoms with Crippen molar-refractivity contribution in [1.29, 1.82) is 0 Å². The van der Waals surface area contributed by atoms with Crippen LogP contribution in [-0.4, -0.2) is 26.4 Å². The van der Waals surface area contributed by atoms with Crippen molar-refractivity contribution in [1.82, 2.24) is 19.7 Å². The maximum Gasteiger partial charge on any atom is 0.226 e. The second-order valence-corrected chi connectivity index (χ2v) is 4.73. The van der Waals surface area contributed by atoms with Gasteiger partial charge in [-0.15, -0.1) is 0 Å². The quantitative estimate of drug-likeness (QED) is 0.905. The predicted octanol–water partition coefficient (Wildman–Crippen LogP) is 2.15. The zero-order chi connectivity index (χ0) is 14.7. The van der Waals surface area contributed by atoms with Gasteiger partial charge in [0.15, 0.2) is 0 Å². The first-order valence-corrected chi connectivity index (χ1v) is 6.72. The molecule has 0 unspecified atom stereocenters. The molecule has 0 amide bonds. The lowest BCUT2D eigenvalue weighted by Crippen LogP contribution is -2.07. The lowest BCUT2D eigenvalue weighted by molar-refractivity contribution is 0.326. The summed E-state index contributed by atoms with van der Waals surface area (Å²) in [5, 5.41) is 7.64. The molecular formula is C14H21N5O. The van der Waals surface area contributed by atoms with Crippen molar-refractivity contribution < 1.29 is 4.74 Å². The van der Waals surface area contributed by atoms with Gasteiger partial charge in [0.25, 0.3) is 0 Å². The second kappa shape index (κ2) is 5.90. The molecule has 0 fully saturated rings. The molecule has 2 aromatic heterocycles. The third kappa shape index (κ3) is 3.07. The van der Waals surface area contributed by atoms with Crippen molar-refractivity contribution in [2.45, 2.75) is 34.2 Å². The molecule has 1 N–H and O–H groups in total. The van der Waals surface area contributed by atoms with E-state index < -0.39 is 0 Å². The molecule has 0 aliphatic carbocycles. The van der Waals surface area contributed by atoms with Gasteiger partial charge in [0.2, 0.25) is 11.8 Å². The lowest BCUT2D eigenvalue weighted by atomic mass is 10.2. The molecule has 6 heteroatoms. The van der Waals surface area contributed by atoms with E-state index in [4.69, 9.17) is 4.74 Å². The zero-order valence-corrected chi connectivity index (χ0v) is 12.7. The standard InChI is InChI=1S/C14H21N5O/c1-6-20-13-7-9(2)16-14(17-13)15-8-12-10(3)18-19(5)11(12)4/h7H,6,8H2,1-5H3,(H,15,16,17). The molecule has 20 heavy (non-hydrogen) atoms. The van der Waals surface area contributed by atoms with E-state index in [1.54, 1.807) is 0 Å². The Hall–Kier alpha value is -2.11. The van der Waals surface area contributed by atoms with Crippen LogP contribution in [0.3, 0.4) is 0 Å². The van der Waals surface area contributed by atoms with Crippen LogP contribution < -0.4 is 10.1 Å². The monoisotopic (exact) mass is 275 g/mol. The van der Waals surface area contributed by atoms with Gasteiger partial charge in [0.05, 0.1) is 12.3 Å². The largest absolute Gasteiger partial charge is 0.478 e. The van der Waals surface area contributed by atoms with Crippen LogP contribution in [-0.2, 0) is 13.6 Å². The molecular weight excluding hydrogens is 254 g/mol. The molecule has 0 saturated carbocycles. The molecule has 0 spiro atoms. The topological polar surface area (TPSA) is 64.9 Å². The summed E-state index contributed by atoms with van der Waals surface area (Å²) in [6, 6.07) is 1.83. The predicted molar refractivity (Wildman–Crippen MR) is 77.9 cm³/mol. The van der Waals surface area contributed by atoms with Crippen LogP contribution in [0.1, 0.15) is 29.6 Å². The van der Waals surface area contributed by atoms with Crippen LogP contribution in [0.2, 0.25) is 0 Å². The van der Waals surface area contributed by atoms with Gasteiger partial charge in [-0.3, -0.25) is 4.68 Å². The van der Waals surface area contributed by atoms with Gasteiger partial charge in [-0.2, -0.15) is 10.1 Å². The molecule has 0 bridgehead atoms. The fourth-order valence-corrected chi connectivity index (χ4v) is 2.08. The summed E-state index contributed by atoms with van der Waals surface area (Å²) >= 11 is 0. The summed E-state index contributed by atoms with van der Waals surface area (Å²) in [5.41, 5.74) is 4.23. The number of ether oxygens (including phenoxy) is 1. The Morgan fingerprint density at radius 1 is 1.25 bits per heavy atom. The smallest absolute Gasteiger partial charge is 0.226 e. The molecule has 0 aliphatic heterocycles. The molecule has 6 nitrogen and oxygen atoms in total. The Morgan fingerprint density at radius 3 is 2.60 bits per heavy atom. The summed E-state index contributed by atoms with van der Waals surface area (Å²) in [7, 11) is 1.95. The van der Waals surface area contributed by atoms with E-state index in [-0.39, 0.29) is 0 Å². The number of rotatable bonds is 5. The number of anilines is 1. The van der Waals surface area contributed by atoms with E-state index in [1.165, 1.54) is 5.56 Å². The Bertz CT molecular complexity index is 606. The maximum atomic E-state index is 5.42. The molecule has 2 rings (SSSR count). The highest BCUT2D eigenvalue weighted by Gasteiger charge is 2.10. The van der Waals surface area contributed by atoms with Gasteiger partial charge in [-0.1, -0.05) is 0 Å². The minimum atomic E-state index is 0.580. The minimum Gasteiger partial charge on any atom is -0.478 e. The Kier molecular flexibility index (Phi) is 4.22. The molecule has 108 valence electrons. The Labute approximate surface area is 119 Å². The number of hydrogen-bond acceptors (Lipinski definition) is 5. The van der Waals surface area contributed by atoms with Gasteiger partial charge in [-0.25, -0.2) is 4.98 Å². The Morgan fingerprint density at radius 2 is 2.00 bits per heavy atom. The summed E-state index contributed by atoms with van der Waals surface area (Å²) in [6.07, 6.45) is 0. The summed E-state index contributed by atoms with van der Waals surface area (Å²) in [4.78, 5) is 8.70. The van der Waals surface area contributed by atoms with E-state index in [1.807, 2.05) is 38.6 Å². The highest BCUT2D eigenvalue weighted by Crippen LogP contribution is 2.15. The molecule has 0 aromatic carbocycles. The first-order chi connectivity index (χ1) is 9.51. The van der Waals surface area contributed by atoms with E-state index in [0.29, 0.717) is 25.0 Å². The third-order valence-corrected chi connectivity index (χ3v) is 3.21. The van der Waals surface area contributed by atoms with Crippen LogP contribution in [0, 0.1) is 20.8 Å². The van der Waals surface area contributed by atoms with Crippen LogP contribution >= 0.6 is 0 Å². The number of hydrogen-bond donors (Lipinski definition) is 1. The van der Waals surface area contributed by atoms with Crippen molar-refractivity contribution in [3.8, 4) is 5.88 Å². The normalized spacial score (nSPS) is 10.7. The van der Waals surface area contributed by atoms with E-state index >= 15 is 0 Å². The SMILES string of the molecule is CCOc1cc(C)nc(NCc2c(C)nn(C)c2C)n1. The first kappa shape index (κ1) is 14.3. The highest BCUT2D eigenvalue weighted by atomic mass is 16.5. The fraction of sp³-hybridized carbons (Fsp3) is 0.500. The van der Waals surface area contributed by atoms with Crippen molar-refractivity contribution in [3.05, 3.63) is 28.7 Å². The van der Waals surface area contributed by atoms with Crippen LogP contribution in [0.15, 0.2) is 6.07 Å². The van der Waals surface area contributed by atoms with Gasteiger partial charge in [-0.05, 0) is 27.7 Å². The van der Waals surface area contributed by atoms with Crippen LogP contribution in [0.5, 0.6) is 5.88 Å². The van der Waals surface area contributed by atoms with Crippen LogP contribution in [0.25, 0.3) is 0 Å². The zero-order valence-electron chi connectivity index (χ0n) is 12.7. The number of aryl methyl sites for hydroxylation is 3. The summed E-state index contributed by atoms with van der Waals surface area (Å²) < 4.78 is 7.31. The average molecular weight is 275 g/mol. The minimum absolute atomic E-state index is 0.580. The second-order valence-electron chi connectivity index (χ2n) is 4.73. The maximum absolute atomic E-state index is 5.42. The molecule has 0 saturated heterocycles. The molecule has 0 atom stereocenters. The van der Waals surface area contributed by atoms with Gasteiger partial charge in [0, 0.05) is 36.6 Å². The average Bonchev–Trinajstić information content (AvgIpc) is 2.61. The Balaban J connectivity index is 2.14. The van der Waals surface area contributed by atoms with Crippen molar-refractivity contribution in [2.75, 3.05) is 11.9 Å². The summed E-state index contributed by atoms with van der Waals surface area (Å²) in [5.74, 6) is 1.18. The molecule has 2 aromatic rings. The van der Waals surface area contributed by atoms with Crippen molar-refractivity contribution in [2.24, 2.45) is 7.05 Å². The van der Waals surface area contributed by atoms with Crippen molar-refractivity contribution >= 4 is 5.95 Å². The third-order valence-electron chi connectivity index (χ3n) is 3.21. The van der Waals surface area contributed by atoms with E-state index in [9.17, 15) is 0 Å². The van der Waals surface area contributed by atoms with E-state index in [0.717, 1.165) is 17.1 Å². The first-order valence-electron chi connectivity index (χ1n) is 6.72. The van der Waals surface area contributed by atoms with Gasteiger partial charge >= 0.3 is 0 Å². The fourth-order valence-electron chi connectivity index (χ4n) is 2.08. The number of aromatic nitrogens is 4. The molecule has 0 aliphatic rings. The molecule has 0 radical (unpaired) electrons. The van der Waals surface area contributed by atoms with E-state index in [2.05, 4.69) is 27.3 Å². The number of nitrogens with zero attached hydrogens (tertiary/aromatic N) is 4. The number of nitrogens with one attached hydrogen (secondary N) is 1.